The summed E-state index contributed by atoms with van der Waals surface area (Å²) in [7, 11) is 5.17. The molecule has 0 fully saturated rings. The largest absolute Gasteiger partial charge is 0.493 e. The maximum absolute atomic E-state index is 12.3. The summed E-state index contributed by atoms with van der Waals surface area (Å²) >= 11 is 0. The van der Waals surface area contributed by atoms with Crippen LogP contribution in [0.1, 0.15) is 22.3 Å². The summed E-state index contributed by atoms with van der Waals surface area (Å²) in [6.07, 6.45) is 0. The molecule has 0 aromatic heterocycles. The Hall–Kier alpha value is -2.53. The number of anilines is 1. The first-order valence-electron chi connectivity index (χ1n) is 8.61. The maximum Gasteiger partial charge on any atom is 0.238 e. The summed E-state index contributed by atoms with van der Waals surface area (Å²) < 4.78 is 10.7. The normalized spacial score (nSPS) is 10.7. The molecule has 0 aliphatic heterocycles. The molecule has 0 aliphatic carbocycles. The lowest BCUT2D eigenvalue weighted by Crippen LogP contribution is -2.30. The Morgan fingerprint density at radius 1 is 0.962 bits per heavy atom. The second-order valence-electron chi connectivity index (χ2n) is 6.65. The Labute approximate surface area is 155 Å². The number of benzene rings is 2. The van der Waals surface area contributed by atoms with E-state index in [1.807, 2.05) is 56.1 Å². The number of ether oxygens (including phenoxy) is 2. The first kappa shape index (κ1) is 19.8. The summed E-state index contributed by atoms with van der Waals surface area (Å²) in [6.45, 7) is 7.07. The fourth-order valence-electron chi connectivity index (χ4n) is 2.80. The van der Waals surface area contributed by atoms with Gasteiger partial charge in [0.15, 0.2) is 11.5 Å². The van der Waals surface area contributed by atoms with Crippen molar-refractivity contribution in [1.82, 2.24) is 4.90 Å². The van der Waals surface area contributed by atoms with Gasteiger partial charge >= 0.3 is 0 Å². The minimum Gasteiger partial charge on any atom is -0.493 e. The lowest BCUT2D eigenvalue weighted by atomic mass is 10.1. The van der Waals surface area contributed by atoms with E-state index >= 15 is 0 Å². The van der Waals surface area contributed by atoms with Crippen molar-refractivity contribution in [2.75, 3.05) is 33.1 Å². The van der Waals surface area contributed by atoms with E-state index < -0.39 is 0 Å². The van der Waals surface area contributed by atoms with Crippen molar-refractivity contribution in [2.24, 2.45) is 0 Å². The molecule has 2 aromatic carbocycles. The van der Waals surface area contributed by atoms with Crippen molar-refractivity contribution in [3.63, 3.8) is 0 Å². The Morgan fingerprint density at radius 2 is 1.62 bits per heavy atom. The number of methoxy groups -OCH3 is 2. The molecule has 1 amide bonds. The molecule has 0 atom stereocenters. The van der Waals surface area contributed by atoms with Gasteiger partial charge in [0, 0.05) is 12.2 Å². The van der Waals surface area contributed by atoms with Crippen LogP contribution in [0.3, 0.4) is 0 Å². The van der Waals surface area contributed by atoms with E-state index in [2.05, 4.69) is 12.2 Å². The number of carbonyl (C=O) groups is 1. The standard InChI is InChI=1S/C21H28N2O3/c1-14-7-8-18(9-15(14)2)22-21(24)13-23(4)12-17-11-20(26-6)19(25-5)10-16(17)3/h7-11H,12-13H2,1-6H3,(H,22,24). The van der Waals surface area contributed by atoms with Gasteiger partial charge in [-0.3, -0.25) is 9.69 Å². The van der Waals surface area contributed by atoms with Crippen molar-refractivity contribution in [3.05, 3.63) is 52.6 Å². The van der Waals surface area contributed by atoms with Crippen LogP contribution in [0, 0.1) is 20.8 Å². The van der Waals surface area contributed by atoms with Gasteiger partial charge in [-0.15, -0.1) is 0 Å². The molecule has 0 aliphatic rings. The summed E-state index contributed by atoms with van der Waals surface area (Å²) in [6, 6.07) is 9.86. The lowest BCUT2D eigenvalue weighted by molar-refractivity contribution is -0.117. The zero-order valence-corrected chi connectivity index (χ0v) is 16.5. The van der Waals surface area contributed by atoms with E-state index in [1.165, 1.54) is 5.56 Å². The van der Waals surface area contributed by atoms with E-state index in [0.717, 1.165) is 22.4 Å². The van der Waals surface area contributed by atoms with Crippen LogP contribution in [-0.2, 0) is 11.3 Å². The molecule has 2 aromatic rings. The van der Waals surface area contributed by atoms with Crippen LogP contribution in [0.5, 0.6) is 11.5 Å². The highest BCUT2D eigenvalue weighted by Crippen LogP contribution is 2.30. The second-order valence-corrected chi connectivity index (χ2v) is 6.65. The Morgan fingerprint density at radius 3 is 2.23 bits per heavy atom. The van der Waals surface area contributed by atoms with E-state index in [1.54, 1.807) is 14.2 Å². The number of rotatable bonds is 7. The zero-order valence-electron chi connectivity index (χ0n) is 16.5. The Balaban J connectivity index is 2.00. The monoisotopic (exact) mass is 356 g/mol. The molecule has 26 heavy (non-hydrogen) atoms. The molecule has 0 spiro atoms. The SMILES string of the molecule is COc1cc(C)c(CN(C)CC(=O)Nc2ccc(C)c(C)c2)cc1OC. The summed E-state index contributed by atoms with van der Waals surface area (Å²) in [5.74, 6) is 1.37. The molecular formula is C21H28N2O3. The summed E-state index contributed by atoms with van der Waals surface area (Å²) in [5.41, 5.74) is 5.41. The third kappa shape index (κ3) is 4.99. The number of nitrogens with one attached hydrogen (secondary N) is 1. The third-order valence-electron chi connectivity index (χ3n) is 4.49. The predicted octanol–water partition coefficient (Wildman–Crippen LogP) is 3.70. The average molecular weight is 356 g/mol. The lowest BCUT2D eigenvalue weighted by Gasteiger charge is -2.19. The quantitative estimate of drug-likeness (QED) is 0.822. The summed E-state index contributed by atoms with van der Waals surface area (Å²) in [5, 5.41) is 2.96. The number of hydrogen-bond acceptors (Lipinski definition) is 4. The molecule has 1 N–H and O–H groups in total. The number of aryl methyl sites for hydroxylation is 3. The van der Waals surface area contributed by atoms with Crippen molar-refractivity contribution in [1.29, 1.82) is 0 Å². The molecule has 2 rings (SSSR count). The van der Waals surface area contributed by atoms with Gasteiger partial charge < -0.3 is 14.8 Å². The zero-order chi connectivity index (χ0) is 19.3. The van der Waals surface area contributed by atoms with Crippen LogP contribution in [0.25, 0.3) is 0 Å². The third-order valence-corrected chi connectivity index (χ3v) is 4.49. The minimum absolute atomic E-state index is 0.0334. The highest BCUT2D eigenvalue weighted by atomic mass is 16.5. The van der Waals surface area contributed by atoms with E-state index in [4.69, 9.17) is 9.47 Å². The molecule has 0 bridgehead atoms. The fraction of sp³-hybridized carbons (Fsp3) is 0.381. The van der Waals surface area contributed by atoms with Crippen LogP contribution in [-0.4, -0.2) is 38.6 Å². The molecule has 5 heteroatoms. The van der Waals surface area contributed by atoms with Crippen LogP contribution in [0.4, 0.5) is 5.69 Å². The molecule has 0 heterocycles. The van der Waals surface area contributed by atoms with Crippen molar-refractivity contribution >= 4 is 11.6 Å². The molecule has 0 unspecified atom stereocenters. The van der Waals surface area contributed by atoms with Crippen LogP contribution < -0.4 is 14.8 Å². The van der Waals surface area contributed by atoms with Gasteiger partial charge in [0.1, 0.15) is 0 Å². The predicted molar refractivity (Wildman–Crippen MR) is 105 cm³/mol. The maximum atomic E-state index is 12.3. The van der Waals surface area contributed by atoms with Gasteiger partial charge in [0.2, 0.25) is 5.91 Å². The average Bonchev–Trinajstić information content (AvgIpc) is 2.59. The van der Waals surface area contributed by atoms with Crippen LogP contribution in [0.15, 0.2) is 30.3 Å². The second kappa shape index (κ2) is 8.72. The molecule has 0 saturated carbocycles. The molecule has 0 radical (unpaired) electrons. The Bertz CT molecular complexity index is 787. The summed E-state index contributed by atoms with van der Waals surface area (Å²) in [4.78, 5) is 14.3. The van der Waals surface area contributed by atoms with Gasteiger partial charge in [-0.25, -0.2) is 0 Å². The van der Waals surface area contributed by atoms with E-state index in [9.17, 15) is 4.79 Å². The number of likely N-dealkylation sites (N-methyl/N-ethyl adjacent to an activating group) is 1. The molecular weight excluding hydrogens is 328 g/mol. The highest BCUT2D eigenvalue weighted by molar-refractivity contribution is 5.92. The topological polar surface area (TPSA) is 50.8 Å². The van der Waals surface area contributed by atoms with Crippen LogP contribution >= 0.6 is 0 Å². The molecule has 0 saturated heterocycles. The number of carbonyl (C=O) groups excluding carboxylic acids is 1. The fourth-order valence-corrected chi connectivity index (χ4v) is 2.80. The molecule has 140 valence electrons. The number of nitrogens with zero attached hydrogens (tertiary/aromatic N) is 1. The first-order valence-corrected chi connectivity index (χ1v) is 8.61. The minimum atomic E-state index is -0.0334. The van der Waals surface area contributed by atoms with E-state index in [0.29, 0.717) is 24.6 Å². The van der Waals surface area contributed by atoms with Gasteiger partial charge in [-0.1, -0.05) is 6.07 Å². The van der Waals surface area contributed by atoms with Gasteiger partial charge in [-0.2, -0.15) is 0 Å². The van der Waals surface area contributed by atoms with Crippen molar-refractivity contribution in [3.8, 4) is 11.5 Å². The van der Waals surface area contributed by atoms with Gasteiger partial charge in [0.05, 0.1) is 20.8 Å². The van der Waals surface area contributed by atoms with Crippen LogP contribution in [0.2, 0.25) is 0 Å². The Kier molecular flexibility index (Phi) is 6.64. The van der Waals surface area contributed by atoms with Gasteiger partial charge in [0.25, 0.3) is 0 Å². The number of hydrogen-bond donors (Lipinski definition) is 1. The van der Waals surface area contributed by atoms with E-state index in [-0.39, 0.29) is 5.91 Å². The first-order chi connectivity index (χ1) is 12.3. The van der Waals surface area contributed by atoms with Gasteiger partial charge in [-0.05, 0) is 74.3 Å². The van der Waals surface area contributed by atoms with Crippen molar-refractivity contribution < 1.29 is 14.3 Å². The van der Waals surface area contributed by atoms with Crippen molar-refractivity contribution in [2.45, 2.75) is 27.3 Å². The number of amides is 1. The highest BCUT2D eigenvalue weighted by Gasteiger charge is 2.13. The smallest absolute Gasteiger partial charge is 0.238 e. The molecule has 5 nitrogen and oxygen atoms in total.